The molecule has 0 saturated heterocycles. The Morgan fingerprint density at radius 1 is 1.28 bits per heavy atom. The average Bonchev–Trinajstić information content (AvgIpc) is 2.85. The monoisotopic (exact) mass is 247 g/mol. The second-order valence-electron chi connectivity index (χ2n) is 4.75. The van der Waals surface area contributed by atoms with E-state index in [9.17, 15) is 0 Å². The quantitative estimate of drug-likeness (QED) is 0.867. The van der Waals surface area contributed by atoms with Crippen molar-refractivity contribution in [3.8, 4) is 0 Å². The van der Waals surface area contributed by atoms with Crippen molar-refractivity contribution in [2.45, 2.75) is 26.3 Å². The SMILES string of the molecule is Cc1nn(C)cc1C(C)NCCc1ccn(C)n1. The molecule has 5 nitrogen and oxygen atoms in total. The van der Waals surface area contributed by atoms with Gasteiger partial charge in [-0.15, -0.1) is 0 Å². The van der Waals surface area contributed by atoms with E-state index < -0.39 is 0 Å². The van der Waals surface area contributed by atoms with Gasteiger partial charge in [0, 0.05) is 51.1 Å². The number of aryl methyl sites for hydroxylation is 3. The van der Waals surface area contributed by atoms with Crippen LogP contribution in [-0.2, 0) is 20.5 Å². The minimum absolute atomic E-state index is 0.322. The van der Waals surface area contributed by atoms with Crippen LogP contribution in [0.15, 0.2) is 18.5 Å². The first kappa shape index (κ1) is 12.8. The molecule has 0 aliphatic carbocycles. The van der Waals surface area contributed by atoms with E-state index in [1.807, 2.05) is 36.6 Å². The summed E-state index contributed by atoms with van der Waals surface area (Å²) >= 11 is 0. The summed E-state index contributed by atoms with van der Waals surface area (Å²) in [5, 5.41) is 12.2. The third kappa shape index (κ3) is 2.98. The molecule has 1 N–H and O–H groups in total. The van der Waals surface area contributed by atoms with Crippen molar-refractivity contribution in [1.82, 2.24) is 24.9 Å². The fourth-order valence-electron chi connectivity index (χ4n) is 2.17. The smallest absolute Gasteiger partial charge is 0.0641 e. The summed E-state index contributed by atoms with van der Waals surface area (Å²) in [6, 6.07) is 2.38. The van der Waals surface area contributed by atoms with Crippen molar-refractivity contribution < 1.29 is 0 Å². The summed E-state index contributed by atoms with van der Waals surface area (Å²) < 4.78 is 3.70. The molecule has 0 amide bonds. The maximum atomic E-state index is 4.36. The van der Waals surface area contributed by atoms with E-state index in [1.165, 1.54) is 5.56 Å². The van der Waals surface area contributed by atoms with Gasteiger partial charge in [0.1, 0.15) is 0 Å². The molecule has 0 aliphatic rings. The van der Waals surface area contributed by atoms with Gasteiger partial charge in [0.05, 0.1) is 11.4 Å². The van der Waals surface area contributed by atoms with Gasteiger partial charge < -0.3 is 5.32 Å². The molecule has 0 aromatic carbocycles. The molecular weight excluding hydrogens is 226 g/mol. The zero-order valence-corrected chi connectivity index (χ0v) is 11.5. The molecule has 98 valence electrons. The van der Waals surface area contributed by atoms with E-state index in [-0.39, 0.29) is 0 Å². The Morgan fingerprint density at radius 3 is 2.61 bits per heavy atom. The van der Waals surface area contributed by atoms with Gasteiger partial charge in [-0.3, -0.25) is 9.36 Å². The van der Waals surface area contributed by atoms with Crippen LogP contribution in [0.2, 0.25) is 0 Å². The lowest BCUT2D eigenvalue weighted by atomic mass is 10.1. The fraction of sp³-hybridized carbons (Fsp3) is 0.538. The molecule has 1 unspecified atom stereocenters. The van der Waals surface area contributed by atoms with Crippen LogP contribution in [0.25, 0.3) is 0 Å². The molecule has 2 aromatic heterocycles. The summed E-state index contributed by atoms with van der Waals surface area (Å²) in [6.07, 6.45) is 5.00. The molecule has 2 rings (SSSR count). The van der Waals surface area contributed by atoms with Gasteiger partial charge in [-0.2, -0.15) is 10.2 Å². The lowest BCUT2D eigenvalue weighted by Crippen LogP contribution is -2.21. The molecule has 0 spiro atoms. The Labute approximate surface area is 108 Å². The van der Waals surface area contributed by atoms with Crippen LogP contribution in [-0.4, -0.2) is 26.1 Å². The maximum Gasteiger partial charge on any atom is 0.0641 e. The molecule has 1 atom stereocenters. The highest BCUT2D eigenvalue weighted by Gasteiger charge is 2.10. The van der Waals surface area contributed by atoms with Crippen LogP contribution >= 0.6 is 0 Å². The summed E-state index contributed by atoms with van der Waals surface area (Å²) in [6.45, 7) is 5.14. The molecule has 2 heterocycles. The summed E-state index contributed by atoms with van der Waals surface area (Å²) in [5.41, 5.74) is 3.48. The minimum Gasteiger partial charge on any atom is -0.310 e. The van der Waals surface area contributed by atoms with Gasteiger partial charge >= 0.3 is 0 Å². The number of aromatic nitrogens is 4. The van der Waals surface area contributed by atoms with Gasteiger partial charge in [0.2, 0.25) is 0 Å². The number of nitrogens with one attached hydrogen (secondary N) is 1. The van der Waals surface area contributed by atoms with E-state index in [2.05, 4.69) is 34.7 Å². The largest absolute Gasteiger partial charge is 0.310 e. The lowest BCUT2D eigenvalue weighted by molar-refractivity contribution is 0.568. The van der Waals surface area contributed by atoms with Gasteiger partial charge in [-0.25, -0.2) is 0 Å². The first-order chi connectivity index (χ1) is 8.56. The Balaban J connectivity index is 1.85. The zero-order chi connectivity index (χ0) is 13.1. The lowest BCUT2D eigenvalue weighted by Gasteiger charge is -2.12. The van der Waals surface area contributed by atoms with E-state index in [0.717, 1.165) is 24.4 Å². The van der Waals surface area contributed by atoms with Crippen LogP contribution < -0.4 is 5.32 Å². The Hall–Kier alpha value is -1.62. The van der Waals surface area contributed by atoms with Crippen molar-refractivity contribution in [3.05, 3.63) is 35.4 Å². The predicted octanol–water partition coefficient (Wildman–Crippen LogP) is 1.36. The highest BCUT2D eigenvalue weighted by Crippen LogP contribution is 2.15. The Bertz CT molecular complexity index is 511. The standard InChI is InChI=1S/C13H21N5/c1-10(13-9-18(4)15-11(13)2)14-7-5-12-6-8-17(3)16-12/h6,8-10,14H,5,7H2,1-4H3. The number of hydrogen-bond donors (Lipinski definition) is 1. The Kier molecular flexibility index (Phi) is 3.81. The summed E-state index contributed by atoms with van der Waals surface area (Å²) in [5.74, 6) is 0. The third-order valence-electron chi connectivity index (χ3n) is 3.12. The first-order valence-electron chi connectivity index (χ1n) is 6.28. The van der Waals surface area contributed by atoms with Crippen LogP contribution in [0, 0.1) is 6.92 Å². The van der Waals surface area contributed by atoms with Gasteiger partial charge in [0.25, 0.3) is 0 Å². The fourth-order valence-corrected chi connectivity index (χ4v) is 2.17. The van der Waals surface area contributed by atoms with E-state index in [0.29, 0.717) is 6.04 Å². The zero-order valence-electron chi connectivity index (χ0n) is 11.5. The van der Waals surface area contributed by atoms with Crippen LogP contribution in [0.1, 0.15) is 29.9 Å². The van der Waals surface area contributed by atoms with E-state index in [4.69, 9.17) is 0 Å². The molecule has 0 fully saturated rings. The van der Waals surface area contributed by atoms with Crippen LogP contribution in [0.5, 0.6) is 0 Å². The molecule has 0 saturated carbocycles. The topological polar surface area (TPSA) is 47.7 Å². The van der Waals surface area contributed by atoms with Crippen molar-refractivity contribution >= 4 is 0 Å². The molecule has 0 radical (unpaired) electrons. The van der Waals surface area contributed by atoms with Crippen molar-refractivity contribution in [2.24, 2.45) is 14.1 Å². The normalized spacial score (nSPS) is 12.9. The molecular formula is C13H21N5. The number of nitrogens with zero attached hydrogens (tertiary/aromatic N) is 4. The number of rotatable bonds is 5. The minimum atomic E-state index is 0.322. The summed E-state index contributed by atoms with van der Waals surface area (Å²) in [4.78, 5) is 0. The van der Waals surface area contributed by atoms with Gasteiger partial charge in [-0.05, 0) is 19.9 Å². The second-order valence-corrected chi connectivity index (χ2v) is 4.75. The first-order valence-corrected chi connectivity index (χ1v) is 6.28. The van der Waals surface area contributed by atoms with Gasteiger partial charge in [0.15, 0.2) is 0 Å². The average molecular weight is 247 g/mol. The van der Waals surface area contributed by atoms with Crippen LogP contribution in [0.3, 0.4) is 0 Å². The van der Waals surface area contributed by atoms with Crippen molar-refractivity contribution in [3.63, 3.8) is 0 Å². The second kappa shape index (κ2) is 5.35. The molecule has 0 aliphatic heterocycles. The van der Waals surface area contributed by atoms with E-state index in [1.54, 1.807) is 0 Å². The number of hydrogen-bond acceptors (Lipinski definition) is 3. The molecule has 2 aromatic rings. The van der Waals surface area contributed by atoms with Crippen molar-refractivity contribution in [2.75, 3.05) is 6.54 Å². The predicted molar refractivity (Wildman–Crippen MR) is 71.3 cm³/mol. The van der Waals surface area contributed by atoms with E-state index >= 15 is 0 Å². The molecule has 0 bridgehead atoms. The third-order valence-corrected chi connectivity index (χ3v) is 3.12. The van der Waals surface area contributed by atoms with Gasteiger partial charge in [-0.1, -0.05) is 0 Å². The maximum absolute atomic E-state index is 4.36. The highest BCUT2D eigenvalue weighted by atomic mass is 15.3. The Morgan fingerprint density at radius 2 is 2.06 bits per heavy atom. The molecule has 5 heteroatoms. The molecule has 18 heavy (non-hydrogen) atoms. The highest BCUT2D eigenvalue weighted by molar-refractivity contribution is 5.19. The van der Waals surface area contributed by atoms with Crippen molar-refractivity contribution in [1.29, 1.82) is 0 Å². The van der Waals surface area contributed by atoms with Crippen LogP contribution in [0.4, 0.5) is 0 Å². The summed E-state index contributed by atoms with van der Waals surface area (Å²) in [7, 11) is 3.90.